The van der Waals surface area contributed by atoms with E-state index in [2.05, 4.69) is 5.10 Å². The maximum Gasteiger partial charge on any atom is 0.416 e. The second-order valence-electron chi connectivity index (χ2n) is 9.15. The highest BCUT2D eigenvalue weighted by atomic mass is 32.2. The average Bonchev–Trinajstić information content (AvgIpc) is 3.42. The molecule has 2 heterocycles. The second-order valence-corrected chi connectivity index (χ2v) is 12.9. The Morgan fingerprint density at radius 3 is 2.29 bits per heavy atom. The van der Waals surface area contributed by atoms with Crippen LogP contribution in [0.2, 0.25) is 0 Å². The molecule has 0 saturated carbocycles. The zero-order valence-electron chi connectivity index (χ0n) is 22.2. The summed E-state index contributed by atoms with van der Waals surface area (Å²) < 4.78 is 95.9. The molecular formula is C26H21F3N6O5S2. The molecule has 0 aliphatic carbocycles. The van der Waals surface area contributed by atoms with Gasteiger partial charge in [-0.15, -0.1) is 0 Å². The fourth-order valence-electron chi connectivity index (χ4n) is 4.49. The molecule has 1 aliphatic rings. The van der Waals surface area contributed by atoms with Crippen molar-refractivity contribution >= 4 is 31.6 Å². The molecule has 3 aromatic rings. The SMILES string of the molecule is CCn1cc(S(=O)(=O)N2C(=O)N(c3cccc(C(F)(F)F)c3)C(C)=C(C#N)[C@H]2c2ccc(C#N)cc2S(C)(=O)=O)cn1. The molecule has 2 aromatic carbocycles. The molecule has 16 heteroatoms. The highest BCUT2D eigenvalue weighted by Gasteiger charge is 2.48. The third-order valence-electron chi connectivity index (χ3n) is 6.49. The number of allylic oxidation sites excluding steroid dienone is 1. The van der Waals surface area contributed by atoms with E-state index in [1.807, 2.05) is 6.07 Å². The van der Waals surface area contributed by atoms with Crippen LogP contribution in [0.3, 0.4) is 0 Å². The summed E-state index contributed by atoms with van der Waals surface area (Å²) in [5.74, 6) is 0. The van der Waals surface area contributed by atoms with Crippen molar-refractivity contribution in [3.05, 3.63) is 82.8 Å². The molecule has 218 valence electrons. The molecule has 2 amide bonds. The second kappa shape index (κ2) is 10.6. The Kier molecular flexibility index (Phi) is 7.66. The van der Waals surface area contributed by atoms with Gasteiger partial charge in [0.2, 0.25) is 0 Å². The quantitative estimate of drug-likeness (QED) is 0.394. The highest BCUT2D eigenvalue weighted by Crippen LogP contribution is 2.44. The summed E-state index contributed by atoms with van der Waals surface area (Å²) in [6.07, 6.45) is -1.94. The molecule has 0 fully saturated rings. The largest absolute Gasteiger partial charge is 0.416 e. The number of carbonyl (C=O) groups excluding carboxylic acids is 1. The molecular weight excluding hydrogens is 597 g/mol. The summed E-state index contributed by atoms with van der Waals surface area (Å²) in [7, 11) is -9.10. The van der Waals surface area contributed by atoms with Gasteiger partial charge in [0.15, 0.2) is 9.84 Å². The summed E-state index contributed by atoms with van der Waals surface area (Å²) in [6, 6.07) is 7.20. The minimum atomic E-state index is -4.93. The van der Waals surface area contributed by atoms with Gasteiger partial charge in [-0.2, -0.15) is 28.8 Å². The number of nitrogens with zero attached hydrogens (tertiary/aromatic N) is 6. The number of amides is 2. The van der Waals surface area contributed by atoms with Crippen LogP contribution in [0.25, 0.3) is 0 Å². The van der Waals surface area contributed by atoms with Crippen LogP contribution < -0.4 is 4.90 Å². The zero-order chi connectivity index (χ0) is 31.2. The Labute approximate surface area is 239 Å². The summed E-state index contributed by atoms with van der Waals surface area (Å²) in [5, 5.41) is 23.5. The number of carbonyl (C=O) groups is 1. The van der Waals surface area contributed by atoms with Gasteiger partial charge in [0.1, 0.15) is 10.9 Å². The van der Waals surface area contributed by atoms with Crippen molar-refractivity contribution in [3.8, 4) is 12.1 Å². The fourth-order valence-corrected chi connectivity index (χ4v) is 6.89. The summed E-state index contributed by atoms with van der Waals surface area (Å²) in [4.78, 5) is 13.8. The molecule has 0 radical (unpaired) electrons. The fraction of sp³-hybridized carbons (Fsp3) is 0.231. The zero-order valence-corrected chi connectivity index (χ0v) is 23.8. The van der Waals surface area contributed by atoms with Crippen molar-refractivity contribution < 1.29 is 34.8 Å². The summed E-state index contributed by atoms with van der Waals surface area (Å²) in [6.45, 7) is 3.15. The Morgan fingerprint density at radius 1 is 1.05 bits per heavy atom. The topological polar surface area (TPSA) is 157 Å². The van der Waals surface area contributed by atoms with E-state index in [0.717, 1.165) is 49.0 Å². The van der Waals surface area contributed by atoms with E-state index in [-0.39, 0.29) is 33.4 Å². The lowest BCUT2D eigenvalue weighted by atomic mass is 9.94. The summed E-state index contributed by atoms with van der Waals surface area (Å²) >= 11 is 0. The van der Waals surface area contributed by atoms with Gasteiger partial charge >= 0.3 is 12.2 Å². The van der Waals surface area contributed by atoms with Crippen LogP contribution in [-0.4, -0.2) is 43.2 Å². The van der Waals surface area contributed by atoms with E-state index in [4.69, 9.17) is 0 Å². The number of sulfone groups is 1. The van der Waals surface area contributed by atoms with Crippen LogP contribution in [0.1, 0.15) is 36.6 Å². The number of aromatic nitrogens is 2. The van der Waals surface area contributed by atoms with Crippen molar-refractivity contribution in [1.82, 2.24) is 14.1 Å². The Hall–Kier alpha value is -4.67. The highest BCUT2D eigenvalue weighted by molar-refractivity contribution is 7.91. The van der Waals surface area contributed by atoms with Gasteiger partial charge in [-0.1, -0.05) is 12.1 Å². The van der Waals surface area contributed by atoms with E-state index in [1.54, 1.807) is 13.0 Å². The number of benzene rings is 2. The van der Waals surface area contributed by atoms with Crippen molar-refractivity contribution in [2.24, 2.45) is 0 Å². The molecule has 0 spiro atoms. The smallest absolute Gasteiger partial charge is 0.272 e. The molecule has 1 atom stereocenters. The maximum atomic E-state index is 14.1. The predicted molar refractivity (Wildman–Crippen MR) is 142 cm³/mol. The Bertz CT molecular complexity index is 1940. The Balaban J connectivity index is 2.10. The first-order valence-electron chi connectivity index (χ1n) is 12.0. The number of nitriles is 2. The normalized spacial score (nSPS) is 16.4. The van der Waals surface area contributed by atoms with Crippen LogP contribution in [0.4, 0.5) is 23.7 Å². The van der Waals surface area contributed by atoms with Gasteiger partial charge < -0.3 is 0 Å². The van der Waals surface area contributed by atoms with E-state index in [9.17, 15) is 45.3 Å². The third kappa shape index (κ3) is 5.22. The molecule has 0 unspecified atom stereocenters. The van der Waals surface area contributed by atoms with Crippen LogP contribution in [0.5, 0.6) is 0 Å². The lowest BCUT2D eigenvalue weighted by Gasteiger charge is -2.41. The van der Waals surface area contributed by atoms with Crippen LogP contribution in [0, 0.1) is 22.7 Å². The van der Waals surface area contributed by atoms with E-state index in [0.29, 0.717) is 11.0 Å². The molecule has 11 nitrogen and oxygen atoms in total. The predicted octanol–water partition coefficient (Wildman–Crippen LogP) is 4.37. The monoisotopic (exact) mass is 618 g/mol. The minimum absolute atomic E-state index is 0.0928. The molecule has 0 saturated heterocycles. The number of sulfonamides is 1. The van der Waals surface area contributed by atoms with Gasteiger partial charge in [-0.05, 0) is 49.7 Å². The number of halogens is 3. The number of hydrogen-bond acceptors (Lipinski definition) is 8. The first-order valence-corrected chi connectivity index (χ1v) is 15.3. The van der Waals surface area contributed by atoms with Gasteiger partial charge in [0, 0.05) is 24.7 Å². The number of urea groups is 1. The van der Waals surface area contributed by atoms with Gasteiger partial charge in [-0.25, -0.2) is 25.9 Å². The maximum absolute atomic E-state index is 14.1. The van der Waals surface area contributed by atoms with Crippen molar-refractivity contribution in [1.29, 1.82) is 10.5 Å². The molecule has 1 aromatic heterocycles. The van der Waals surface area contributed by atoms with E-state index >= 15 is 0 Å². The molecule has 0 N–H and O–H groups in total. The molecule has 0 bridgehead atoms. The molecule has 4 rings (SSSR count). The van der Waals surface area contributed by atoms with Gasteiger partial charge in [0.25, 0.3) is 10.0 Å². The van der Waals surface area contributed by atoms with E-state index < -0.39 is 59.0 Å². The van der Waals surface area contributed by atoms with Crippen LogP contribution in [-0.2, 0) is 32.6 Å². The van der Waals surface area contributed by atoms with Crippen LogP contribution in [0.15, 0.2) is 75.9 Å². The van der Waals surface area contributed by atoms with E-state index in [1.165, 1.54) is 17.7 Å². The standard InChI is InChI=1S/C26H21F3N6O5S2/c1-4-33-15-20(14-32-33)42(39,40)35-24(21-9-8-17(12-30)10-23(21)41(3,37)38)22(13-31)16(2)34(25(35)36)19-7-5-6-18(11-19)26(27,28)29/h5-11,14-15,24H,4H2,1-3H3/t24-/m1/s1. The lowest BCUT2D eigenvalue weighted by Crippen LogP contribution is -2.52. The van der Waals surface area contributed by atoms with Gasteiger partial charge in [0.05, 0.1) is 45.6 Å². The lowest BCUT2D eigenvalue weighted by molar-refractivity contribution is -0.137. The number of rotatable bonds is 6. The number of anilines is 1. The van der Waals surface area contributed by atoms with Crippen molar-refractivity contribution in [3.63, 3.8) is 0 Å². The van der Waals surface area contributed by atoms with Crippen molar-refractivity contribution in [2.75, 3.05) is 11.2 Å². The first-order chi connectivity index (χ1) is 19.6. The third-order valence-corrected chi connectivity index (χ3v) is 9.34. The number of alkyl halides is 3. The number of aryl methyl sites for hydroxylation is 1. The summed E-state index contributed by atoms with van der Waals surface area (Å²) in [5.41, 5.74) is -2.59. The van der Waals surface area contributed by atoms with Gasteiger partial charge in [-0.3, -0.25) is 9.58 Å². The average molecular weight is 619 g/mol. The number of hydrogen-bond donors (Lipinski definition) is 0. The molecule has 42 heavy (non-hydrogen) atoms. The first kappa shape index (κ1) is 30.3. The van der Waals surface area contributed by atoms with Crippen LogP contribution >= 0.6 is 0 Å². The Morgan fingerprint density at radius 2 is 1.74 bits per heavy atom. The molecule has 1 aliphatic heterocycles. The van der Waals surface area contributed by atoms with Crippen molar-refractivity contribution in [2.45, 2.75) is 42.4 Å². The minimum Gasteiger partial charge on any atom is -0.272 e.